The lowest BCUT2D eigenvalue weighted by Gasteiger charge is -2.44. The Morgan fingerprint density at radius 2 is 0.871 bits per heavy atom. The van der Waals surface area contributed by atoms with Gasteiger partial charge in [-0.15, -0.1) is 0 Å². The van der Waals surface area contributed by atoms with Crippen molar-refractivity contribution in [3.05, 3.63) is 24.3 Å². The summed E-state index contributed by atoms with van der Waals surface area (Å²) in [6.07, 6.45) is 26.3. The van der Waals surface area contributed by atoms with E-state index in [0.29, 0.717) is 12.8 Å². The van der Waals surface area contributed by atoms with Crippen molar-refractivity contribution in [3.63, 3.8) is 0 Å². The topological polar surface area (TPSA) is 212 Å². The lowest BCUT2D eigenvalue weighted by atomic mass is 9.95. The van der Waals surface area contributed by atoms with Gasteiger partial charge in [0.25, 0.3) is 0 Å². The SMILES string of the molecule is CCCCCCCC/C=C\CCCCCCC(=O)N[C@H]1[C@H](OC(=O)CCC(=O)O)O[C@H](CO)[C@@H](OC(=O)CCC(=O)O)[C@@H]1OC(=O)CCCCCC/C=C\CCCCCCCC. The number of nitrogens with one attached hydrogen (secondary N) is 1. The molecule has 4 N–H and O–H groups in total. The second kappa shape index (κ2) is 37.7. The lowest BCUT2D eigenvalue weighted by Crippen LogP contribution is -2.67. The highest BCUT2D eigenvalue weighted by Crippen LogP contribution is 2.29. The lowest BCUT2D eigenvalue weighted by molar-refractivity contribution is -0.271. The van der Waals surface area contributed by atoms with Gasteiger partial charge >= 0.3 is 29.8 Å². The second-order valence-corrected chi connectivity index (χ2v) is 16.5. The van der Waals surface area contributed by atoms with E-state index < -0.39 is 98.7 Å². The Hall–Kier alpha value is -3.78. The molecule has 1 saturated heterocycles. The standard InChI is InChI=1S/C48H81NO13/c1-3-5-7-9-11-13-15-17-19-21-23-25-27-29-31-39(51)49-45-47(61-42(56)32-30-28-26-24-22-20-18-16-14-12-10-8-6-4-2)46(60-43(57)35-33-40(52)53)38(37-50)59-48(45)62-44(58)36-34-41(54)55/h17-20,38,45-48,50H,3-16,21-37H2,1-2H3,(H,49,51)(H,52,53)(H,54,55)/b19-17-,20-18-/t38-,45-,46-,47-,48+/m1/s1. The smallest absolute Gasteiger partial charge is 0.308 e. The molecule has 1 aliphatic heterocycles. The molecule has 0 radical (unpaired) electrons. The monoisotopic (exact) mass is 880 g/mol. The van der Waals surface area contributed by atoms with Crippen LogP contribution < -0.4 is 5.32 Å². The maximum absolute atomic E-state index is 13.4. The minimum atomic E-state index is -1.65. The zero-order chi connectivity index (χ0) is 45.6. The average Bonchev–Trinajstić information content (AvgIpc) is 3.24. The van der Waals surface area contributed by atoms with Gasteiger partial charge < -0.3 is 39.6 Å². The zero-order valence-electron chi connectivity index (χ0n) is 38.0. The van der Waals surface area contributed by atoms with Crippen LogP contribution in [0, 0.1) is 0 Å². The Balaban J connectivity index is 2.94. The van der Waals surface area contributed by atoms with Gasteiger partial charge in [0.05, 0.1) is 32.3 Å². The molecule has 1 amide bonds. The van der Waals surface area contributed by atoms with E-state index in [4.69, 9.17) is 29.2 Å². The predicted molar refractivity (Wildman–Crippen MR) is 237 cm³/mol. The molecule has 5 atom stereocenters. The number of ether oxygens (including phenoxy) is 4. The third-order valence-corrected chi connectivity index (χ3v) is 10.8. The fourth-order valence-electron chi connectivity index (χ4n) is 7.22. The number of aliphatic hydroxyl groups is 1. The van der Waals surface area contributed by atoms with Gasteiger partial charge in [-0.2, -0.15) is 0 Å². The number of carboxylic acids is 2. The summed E-state index contributed by atoms with van der Waals surface area (Å²) in [5, 5.41) is 31.3. The van der Waals surface area contributed by atoms with Crippen LogP contribution in [0.1, 0.15) is 206 Å². The van der Waals surface area contributed by atoms with E-state index in [9.17, 15) is 33.9 Å². The Bertz CT molecular complexity index is 1300. The number of rotatable bonds is 39. The highest BCUT2D eigenvalue weighted by molar-refractivity contribution is 5.78. The summed E-state index contributed by atoms with van der Waals surface area (Å²) in [5.41, 5.74) is 0. The first-order valence-corrected chi connectivity index (χ1v) is 23.9. The molecule has 1 heterocycles. The van der Waals surface area contributed by atoms with Crippen molar-refractivity contribution in [1.82, 2.24) is 5.32 Å². The van der Waals surface area contributed by atoms with E-state index in [1.54, 1.807) is 0 Å². The van der Waals surface area contributed by atoms with Crippen molar-refractivity contribution in [1.29, 1.82) is 0 Å². The molecule has 0 spiro atoms. The molecular weight excluding hydrogens is 799 g/mol. The fraction of sp³-hybridized carbons (Fsp3) is 0.792. The molecule has 1 aliphatic rings. The summed E-state index contributed by atoms with van der Waals surface area (Å²) in [6, 6.07) is -1.42. The quantitative estimate of drug-likeness (QED) is 0.0196. The van der Waals surface area contributed by atoms with E-state index in [2.05, 4.69) is 43.5 Å². The largest absolute Gasteiger partial charge is 0.481 e. The molecule has 62 heavy (non-hydrogen) atoms. The minimum Gasteiger partial charge on any atom is -0.481 e. The summed E-state index contributed by atoms with van der Waals surface area (Å²) < 4.78 is 22.8. The van der Waals surface area contributed by atoms with Crippen molar-refractivity contribution in [2.45, 2.75) is 237 Å². The Labute approximate surface area is 371 Å². The molecule has 0 saturated carbocycles. The number of aliphatic hydroxyl groups excluding tert-OH is 1. The van der Waals surface area contributed by atoms with Gasteiger partial charge in [-0.05, 0) is 64.2 Å². The Morgan fingerprint density at radius 1 is 0.484 bits per heavy atom. The van der Waals surface area contributed by atoms with Gasteiger partial charge in [-0.3, -0.25) is 28.8 Å². The van der Waals surface area contributed by atoms with Crippen LogP contribution in [0.3, 0.4) is 0 Å². The first-order valence-electron chi connectivity index (χ1n) is 23.9. The van der Waals surface area contributed by atoms with Crippen LogP contribution in [-0.4, -0.2) is 88.3 Å². The Morgan fingerprint density at radius 3 is 1.32 bits per heavy atom. The molecule has 14 heteroatoms. The molecule has 0 aromatic heterocycles. The molecule has 1 fully saturated rings. The number of carbonyl (C=O) groups excluding carboxylic acids is 4. The average molecular weight is 880 g/mol. The molecule has 0 aromatic rings. The maximum atomic E-state index is 13.4. The maximum Gasteiger partial charge on any atom is 0.308 e. The zero-order valence-corrected chi connectivity index (χ0v) is 38.0. The number of hydrogen-bond donors (Lipinski definition) is 4. The van der Waals surface area contributed by atoms with E-state index in [1.807, 2.05) is 0 Å². The number of aliphatic carboxylic acids is 2. The summed E-state index contributed by atoms with van der Waals surface area (Å²) in [5.74, 6) is -5.60. The molecular formula is C48H81NO13. The number of amides is 1. The second-order valence-electron chi connectivity index (χ2n) is 16.5. The number of unbranched alkanes of at least 4 members (excludes halogenated alkanes) is 20. The van der Waals surface area contributed by atoms with Crippen molar-refractivity contribution >= 4 is 35.8 Å². The molecule has 0 bridgehead atoms. The van der Waals surface area contributed by atoms with E-state index in [0.717, 1.165) is 64.2 Å². The number of allylic oxidation sites excluding steroid dienone is 4. The molecule has 0 aromatic carbocycles. The van der Waals surface area contributed by atoms with E-state index in [-0.39, 0.29) is 12.8 Å². The first-order chi connectivity index (χ1) is 30.0. The molecule has 1 rings (SSSR count). The van der Waals surface area contributed by atoms with Gasteiger partial charge in [-0.1, -0.05) is 128 Å². The third-order valence-electron chi connectivity index (χ3n) is 10.8. The van der Waals surface area contributed by atoms with Crippen LogP contribution in [0.15, 0.2) is 24.3 Å². The number of hydrogen-bond acceptors (Lipinski definition) is 11. The van der Waals surface area contributed by atoms with Crippen LogP contribution in [0.25, 0.3) is 0 Å². The van der Waals surface area contributed by atoms with Gasteiger partial charge in [0, 0.05) is 12.8 Å². The van der Waals surface area contributed by atoms with Crippen LogP contribution >= 0.6 is 0 Å². The van der Waals surface area contributed by atoms with E-state index >= 15 is 0 Å². The number of carboxylic acid groups (broad SMARTS) is 2. The molecule has 356 valence electrons. The first kappa shape index (κ1) is 56.2. The van der Waals surface area contributed by atoms with Gasteiger partial charge in [0.15, 0.2) is 12.2 Å². The molecule has 0 unspecified atom stereocenters. The van der Waals surface area contributed by atoms with Crippen molar-refractivity contribution in [2.24, 2.45) is 0 Å². The van der Waals surface area contributed by atoms with Crippen LogP contribution in [0.5, 0.6) is 0 Å². The fourth-order valence-corrected chi connectivity index (χ4v) is 7.22. The molecule has 0 aliphatic carbocycles. The Kier molecular flexibility index (Phi) is 34.2. The molecule has 14 nitrogen and oxygen atoms in total. The minimum absolute atomic E-state index is 0.00727. The van der Waals surface area contributed by atoms with Gasteiger partial charge in [0.1, 0.15) is 12.1 Å². The van der Waals surface area contributed by atoms with Crippen molar-refractivity contribution in [3.8, 4) is 0 Å². The summed E-state index contributed by atoms with van der Waals surface area (Å²) in [4.78, 5) is 74.7. The van der Waals surface area contributed by atoms with Crippen molar-refractivity contribution < 1.29 is 63.0 Å². The predicted octanol–water partition coefficient (Wildman–Crippen LogP) is 9.58. The summed E-state index contributed by atoms with van der Waals surface area (Å²) in [7, 11) is 0. The van der Waals surface area contributed by atoms with E-state index in [1.165, 1.54) is 77.0 Å². The van der Waals surface area contributed by atoms with Crippen LogP contribution in [0.4, 0.5) is 0 Å². The normalized spacial score (nSPS) is 18.8. The van der Waals surface area contributed by atoms with Crippen LogP contribution in [0.2, 0.25) is 0 Å². The number of esters is 3. The third kappa shape index (κ3) is 29.5. The summed E-state index contributed by atoms with van der Waals surface area (Å²) in [6.45, 7) is 3.63. The number of carbonyl (C=O) groups is 6. The highest BCUT2D eigenvalue weighted by atomic mass is 16.7. The van der Waals surface area contributed by atoms with Gasteiger partial charge in [-0.25, -0.2) is 0 Å². The highest BCUT2D eigenvalue weighted by Gasteiger charge is 2.52. The van der Waals surface area contributed by atoms with Crippen LogP contribution in [-0.2, 0) is 47.7 Å². The van der Waals surface area contributed by atoms with Gasteiger partial charge in [0.2, 0.25) is 12.2 Å². The van der Waals surface area contributed by atoms with Crippen molar-refractivity contribution in [2.75, 3.05) is 6.61 Å². The summed E-state index contributed by atoms with van der Waals surface area (Å²) >= 11 is 0.